The van der Waals surface area contributed by atoms with Gasteiger partial charge in [-0.3, -0.25) is 9.59 Å². The zero-order valence-corrected chi connectivity index (χ0v) is 11.2. The molecular weight excluding hydrogens is 274 g/mol. The van der Waals surface area contributed by atoms with Crippen LogP contribution < -0.4 is 11.1 Å². The Balaban J connectivity index is 1.75. The maximum atomic E-state index is 12.4. The highest BCUT2D eigenvalue weighted by atomic mass is 16.4. The number of nitrogens with two attached hydrogens (primary N) is 1. The van der Waals surface area contributed by atoms with E-state index in [1.807, 2.05) is 0 Å². The molecule has 3 rings (SSSR count). The number of rotatable bonds is 3. The highest BCUT2D eigenvalue weighted by molar-refractivity contribution is 5.97. The normalized spacial score (nSPS) is 26.1. The molecular formula is C14H15N3O4. The summed E-state index contributed by atoms with van der Waals surface area (Å²) in [7, 11) is 0. The van der Waals surface area contributed by atoms with E-state index >= 15 is 0 Å². The number of hydrogen-bond donors (Lipinski definition) is 3. The summed E-state index contributed by atoms with van der Waals surface area (Å²) in [5.41, 5.74) is 5.14. The second-order valence-electron chi connectivity index (χ2n) is 5.62. The van der Waals surface area contributed by atoms with Crippen molar-refractivity contribution in [3.63, 3.8) is 0 Å². The van der Waals surface area contributed by atoms with Crippen LogP contribution in [0, 0.1) is 11.3 Å². The number of benzene rings is 1. The van der Waals surface area contributed by atoms with Crippen LogP contribution in [0.15, 0.2) is 24.3 Å². The number of likely N-dealkylation sites (tertiary alicyclic amines) is 1. The van der Waals surface area contributed by atoms with Gasteiger partial charge >= 0.3 is 12.0 Å². The average molecular weight is 289 g/mol. The summed E-state index contributed by atoms with van der Waals surface area (Å²) < 4.78 is 0. The molecule has 7 heteroatoms. The van der Waals surface area contributed by atoms with E-state index in [1.54, 1.807) is 23.1 Å². The van der Waals surface area contributed by atoms with E-state index in [-0.39, 0.29) is 18.4 Å². The molecule has 4 N–H and O–H groups in total. The quantitative estimate of drug-likeness (QED) is 0.761. The molecule has 1 aliphatic carbocycles. The lowest BCUT2D eigenvalue weighted by Gasteiger charge is -2.19. The number of nitrogens with zero attached hydrogens (tertiary/aromatic N) is 1. The van der Waals surface area contributed by atoms with Gasteiger partial charge in [0.15, 0.2) is 0 Å². The fourth-order valence-electron chi connectivity index (χ4n) is 3.02. The Bertz CT molecular complexity index is 645. The molecule has 0 bridgehead atoms. The lowest BCUT2D eigenvalue weighted by Crippen LogP contribution is -2.33. The summed E-state index contributed by atoms with van der Waals surface area (Å²) >= 11 is 0. The standard InChI is InChI=1S/C14H15N3O4/c15-13(21)16-10-3-1-2-8(4-10)11(18)17-6-9-5-14(9,7-17)12(19)20/h1-4,9H,5-7H2,(H,19,20)(H3,15,16,21)/t9-,14-/m1/s1. The van der Waals surface area contributed by atoms with Crippen molar-refractivity contribution in [1.82, 2.24) is 4.90 Å². The number of aliphatic carboxylic acids is 1. The molecule has 2 atom stereocenters. The van der Waals surface area contributed by atoms with Gasteiger partial charge in [-0.15, -0.1) is 0 Å². The minimum absolute atomic E-state index is 0.0610. The third-order valence-corrected chi connectivity index (χ3v) is 4.24. The fourth-order valence-corrected chi connectivity index (χ4v) is 3.02. The van der Waals surface area contributed by atoms with Gasteiger partial charge in [-0.1, -0.05) is 6.07 Å². The van der Waals surface area contributed by atoms with Gasteiger partial charge in [0.25, 0.3) is 5.91 Å². The number of carboxylic acid groups (broad SMARTS) is 1. The molecule has 1 saturated carbocycles. The predicted molar refractivity (Wildman–Crippen MR) is 73.7 cm³/mol. The van der Waals surface area contributed by atoms with Crippen molar-refractivity contribution in [3.8, 4) is 0 Å². The number of fused-ring (bicyclic) bond motifs is 1. The van der Waals surface area contributed by atoms with Crippen molar-refractivity contribution in [2.75, 3.05) is 18.4 Å². The first kappa shape index (κ1) is 13.4. The van der Waals surface area contributed by atoms with Crippen molar-refractivity contribution in [1.29, 1.82) is 0 Å². The van der Waals surface area contributed by atoms with Crippen molar-refractivity contribution < 1.29 is 19.5 Å². The van der Waals surface area contributed by atoms with Crippen molar-refractivity contribution in [2.24, 2.45) is 17.1 Å². The van der Waals surface area contributed by atoms with Gasteiger partial charge in [0, 0.05) is 24.3 Å². The summed E-state index contributed by atoms with van der Waals surface area (Å²) in [6.45, 7) is 0.720. The van der Waals surface area contributed by atoms with Crippen LogP contribution in [0.3, 0.4) is 0 Å². The molecule has 21 heavy (non-hydrogen) atoms. The van der Waals surface area contributed by atoms with Crippen LogP contribution in [0.4, 0.5) is 10.5 Å². The minimum Gasteiger partial charge on any atom is -0.481 e. The Hall–Kier alpha value is -2.57. The molecule has 7 nitrogen and oxygen atoms in total. The van der Waals surface area contributed by atoms with Crippen LogP contribution in [0.2, 0.25) is 0 Å². The van der Waals surface area contributed by atoms with Crippen LogP contribution in [0.5, 0.6) is 0 Å². The van der Waals surface area contributed by atoms with E-state index in [0.717, 1.165) is 0 Å². The summed E-state index contributed by atoms with van der Waals surface area (Å²) in [5.74, 6) is -0.992. The van der Waals surface area contributed by atoms with Crippen molar-refractivity contribution in [3.05, 3.63) is 29.8 Å². The number of hydrogen-bond acceptors (Lipinski definition) is 3. The first-order chi connectivity index (χ1) is 9.92. The second kappa shape index (κ2) is 4.47. The van der Waals surface area contributed by atoms with Gasteiger partial charge in [0.1, 0.15) is 0 Å². The first-order valence-electron chi connectivity index (χ1n) is 6.61. The molecule has 110 valence electrons. The number of nitrogens with one attached hydrogen (secondary N) is 1. The summed E-state index contributed by atoms with van der Waals surface area (Å²) in [4.78, 5) is 36.0. The highest BCUT2D eigenvalue weighted by Gasteiger charge is 2.66. The molecule has 2 fully saturated rings. The number of primary amides is 1. The summed E-state index contributed by atoms with van der Waals surface area (Å²) in [6.07, 6.45) is 0.648. The number of carbonyl (C=O) groups is 3. The Kier molecular flexibility index (Phi) is 2.86. The molecule has 1 aromatic rings. The van der Waals surface area contributed by atoms with Crippen LogP contribution in [-0.4, -0.2) is 41.0 Å². The van der Waals surface area contributed by atoms with E-state index < -0.39 is 17.4 Å². The largest absolute Gasteiger partial charge is 0.481 e. The maximum Gasteiger partial charge on any atom is 0.316 e. The first-order valence-corrected chi connectivity index (χ1v) is 6.61. The van der Waals surface area contributed by atoms with E-state index in [0.29, 0.717) is 24.2 Å². The Morgan fingerprint density at radius 2 is 2.14 bits per heavy atom. The van der Waals surface area contributed by atoms with Crippen molar-refractivity contribution in [2.45, 2.75) is 6.42 Å². The number of carbonyl (C=O) groups excluding carboxylic acids is 2. The molecule has 1 saturated heterocycles. The molecule has 0 unspecified atom stereocenters. The summed E-state index contributed by atoms with van der Waals surface area (Å²) in [5, 5.41) is 11.6. The van der Waals surface area contributed by atoms with Gasteiger partial charge in [-0.2, -0.15) is 0 Å². The average Bonchev–Trinajstić information content (AvgIpc) is 3.00. The Morgan fingerprint density at radius 3 is 2.76 bits per heavy atom. The van der Waals surface area contributed by atoms with Gasteiger partial charge in [0.05, 0.1) is 5.41 Å². The van der Waals surface area contributed by atoms with Gasteiger partial charge < -0.3 is 21.1 Å². The Labute approximate surface area is 120 Å². The monoisotopic (exact) mass is 289 g/mol. The van der Waals surface area contributed by atoms with Gasteiger partial charge in [0.2, 0.25) is 0 Å². The lowest BCUT2D eigenvalue weighted by molar-refractivity contribution is -0.143. The van der Waals surface area contributed by atoms with E-state index in [2.05, 4.69) is 5.32 Å². The highest BCUT2D eigenvalue weighted by Crippen LogP contribution is 2.58. The second-order valence-corrected chi connectivity index (χ2v) is 5.62. The van der Waals surface area contributed by atoms with Crippen molar-refractivity contribution >= 4 is 23.6 Å². The SMILES string of the molecule is NC(=O)Nc1cccc(C(=O)N2C[C@H]3C[C@@]3(C(=O)O)C2)c1. The van der Waals surface area contributed by atoms with Crippen LogP contribution in [-0.2, 0) is 4.79 Å². The smallest absolute Gasteiger partial charge is 0.316 e. The molecule has 2 aliphatic rings. The third-order valence-electron chi connectivity index (χ3n) is 4.24. The van der Waals surface area contributed by atoms with E-state index in [1.165, 1.54) is 6.07 Å². The van der Waals surface area contributed by atoms with Crippen LogP contribution in [0.25, 0.3) is 0 Å². The topological polar surface area (TPSA) is 113 Å². The number of urea groups is 1. The Morgan fingerprint density at radius 1 is 1.38 bits per heavy atom. The molecule has 1 aromatic carbocycles. The van der Waals surface area contributed by atoms with Gasteiger partial charge in [-0.05, 0) is 30.5 Å². The van der Waals surface area contributed by atoms with Crippen LogP contribution >= 0.6 is 0 Å². The molecule has 0 spiro atoms. The van der Waals surface area contributed by atoms with Crippen LogP contribution in [0.1, 0.15) is 16.8 Å². The molecule has 0 aromatic heterocycles. The maximum absolute atomic E-state index is 12.4. The minimum atomic E-state index is -0.827. The summed E-state index contributed by atoms with van der Waals surface area (Å²) in [6, 6.07) is 5.73. The third kappa shape index (κ3) is 2.20. The zero-order valence-electron chi connectivity index (χ0n) is 11.2. The molecule has 0 radical (unpaired) electrons. The van der Waals surface area contributed by atoms with Gasteiger partial charge in [-0.25, -0.2) is 4.79 Å². The fraction of sp³-hybridized carbons (Fsp3) is 0.357. The zero-order chi connectivity index (χ0) is 15.2. The predicted octanol–water partition coefficient (Wildman–Crippen LogP) is 0.724. The van der Waals surface area contributed by atoms with E-state index in [4.69, 9.17) is 5.73 Å². The molecule has 1 aliphatic heterocycles. The van der Waals surface area contributed by atoms with E-state index in [9.17, 15) is 19.5 Å². The number of anilines is 1. The molecule has 3 amide bonds. The lowest BCUT2D eigenvalue weighted by atomic mass is 10.1. The number of amides is 3. The number of piperidine rings is 1. The molecule has 1 heterocycles. The number of carboxylic acids is 1.